The van der Waals surface area contributed by atoms with Crippen LogP contribution >= 0.6 is 0 Å². The van der Waals surface area contributed by atoms with Crippen molar-refractivity contribution in [1.29, 1.82) is 0 Å². The van der Waals surface area contributed by atoms with Crippen molar-refractivity contribution in [2.75, 3.05) is 10.6 Å². The Morgan fingerprint density at radius 1 is 1.07 bits per heavy atom. The smallest absolute Gasteiger partial charge is 0.319 e. The fraction of sp³-hybridized carbons (Fsp3) is 0.211. The maximum atomic E-state index is 12.2. The third kappa shape index (κ3) is 4.91. The van der Waals surface area contributed by atoms with Crippen LogP contribution in [-0.2, 0) is 11.3 Å². The summed E-state index contributed by atoms with van der Waals surface area (Å²) in [6.07, 6.45) is 4.62. The lowest BCUT2D eigenvalue weighted by molar-refractivity contribution is -0.118. The van der Waals surface area contributed by atoms with E-state index in [9.17, 15) is 9.59 Å². The average molecular weight is 379 g/mol. The van der Waals surface area contributed by atoms with E-state index in [2.05, 4.69) is 31.0 Å². The largest absolute Gasteiger partial charge is 0.334 e. The van der Waals surface area contributed by atoms with Crippen molar-refractivity contribution >= 4 is 23.3 Å². The fourth-order valence-corrected chi connectivity index (χ4v) is 2.37. The normalized spacial score (nSPS) is 10.5. The number of pyridine rings is 1. The predicted octanol–water partition coefficient (Wildman–Crippen LogP) is 2.58. The molecule has 1 aromatic carbocycles. The second-order valence-corrected chi connectivity index (χ2v) is 6.36. The van der Waals surface area contributed by atoms with Gasteiger partial charge >= 0.3 is 6.03 Å². The van der Waals surface area contributed by atoms with Crippen LogP contribution in [-0.4, -0.2) is 31.7 Å². The van der Waals surface area contributed by atoms with E-state index in [1.54, 1.807) is 47.5 Å². The van der Waals surface area contributed by atoms with Crippen LogP contribution in [0.1, 0.15) is 19.4 Å². The Balaban J connectivity index is 1.56. The number of carbonyl (C=O) groups excluding carboxylic acids is 2. The Hall–Kier alpha value is -3.75. The second kappa shape index (κ2) is 8.76. The van der Waals surface area contributed by atoms with E-state index in [0.717, 1.165) is 5.56 Å². The van der Waals surface area contributed by atoms with Crippen molar-refractivity contribution < 1.29 is 9.59 Å². The minimum absolute atomic E-state index is 0.0573. The van der Waals surface area contributed by atoms with E-state index in [1.165, 1.54) is 6.33 Å². The number of carbonyl (C=O) groups is 2. The average Bonchev–Trinajstić information content (AvgIpc) is 3.22. The Kier molecular flexibility index (Phi) is 5.95. The Morgan fingerprint density at radius 3 is 2.43 bits per heavy atom. The van der Waals surface area contributed by atoms with Gasteiger partial charge in [-0.15, -0.1) is 0 Å². The van der Waals surface area contributed by atoms with Crippen molar-refractivity contribution in [3.63, 3.8) is 0 Å². The van der Waals surface area contributed by atoms with E-state index in [4.69, 9.17) is 0 Å². The van der Waals surface area contributed by atoms with Crippen LogP contribution in [0.3, 0.4) is 0 Å². The highest BCUT2D eigenvalue weighted by atomic mass is 16.2. The van der Waals surface area contributed by atoms with E-state index in [-0.39, 0.29) is 24.4 Å². The standard InChI is InChI=1S/C19H21N7O2/c1-13(2)18(27)24-15-5-7-16(8-6-15)25-19(28)22-10-14-4-3-9-21-17(14)26-12-20-11-23-26/h3-9,11-13H,10H2,1-2H3,(H,24,27)(H2,22,25,28). The summed E-state index contributed by atoms with van der Waals surface area (Å²) in [6.45, 7) is 3.93. The summed E-state index contributed by atoms with van der Waals surface area (Å²) >= 11 is 0. The Labute approximate surface area is 162 Å². The molecule has 0 radical (unpaired) electrons. The van der Waals surface area contributed by atoms with Crippen LogP contribution in [0.4, 0.5) is 16.2 Å². The number of nitrogens with one attached hydrogen (secondary N) is 3. The third-order valence-electron chi connectivity index (χ3n) is 3.88. The van der Waals surface area contributed by atoms with E-state index in [0.29, 0.717) is 17.2 Å². The SMILES string of the molecule is CC(C)C(=O)Nc1ccc(NC(=O)NCc2cccnc2-n2cncn2)cc1. The summed E-state index contributed by atoms with van der Waals surface area (Å²) in [5, 5.41) is 12.4. The quantitative estimate of drug-likeness (QED) is 0.609. The summed E-state index contributed by atoms with van der Waals surface area (Å²) in [5.41, 5.74) is 2.09. The van der Waals surface area contributed by atoms with Gasteiger partial charge in [-0.25, -0.2) is 19.4 Å². The van der Waals surface area contributed by atoms with Gasteiger partial charge in [-0.05, 0) is 30.3 Å². The zero-order valence-corrected chi connectivity index (χ0v) is 15.6. The summed E-state index contributed by atoms with van der Waals surface area (Å²) in [6, 6.07) is 10.2. The number of aromatic nitrogens is 4. The minimum Gasteiger partial charge on any atom is -0.334 e. The molecule has 0 atom stereocenters. The molecule has 0 saturated carbocycles. The molecule has 2 aromatic heterocycles. The highest BCUT2D eigenvalue weighted by molar-refractivity contribution is 5.93. The molecule has 0 aliphatic rings. The zero-order chi connectivity index (χ0) is 19.9. The molecule has 0 spiro atoms. The predicted molar refractivity (Wildman–Crippen MR) is 105 cm³/mol. The van der Waals surface area contributed by atoms with E-state index in [1.807, 2.05) is 19.9 Å². The van der Waals surface area contributed by atoms with Gasteiger partial charge in [0.2, 0.25) is 5.91 Å². The van der Waals surface area contributed by atoms with Crippen LogP contribution < -0.4 is 16.0 Å². The van der Waals surface area contributed by atoms with Gasteiger partial charge in [0.25, 0.3) is 0 Å². The second-order valence-electron chi connectivity index (χ2n) is 6.36. The molecular weight excluding hydrogens is 358 g/mol. The van der Waals surface area contributed by atoms with Gasteiger partial charge in [0.05, 0.1) is 0 Å². The van der Waals surface area contributed by atoms with Gasteiger partial charge in [-0.1, -0.05) is 19.9 Å². The van der Waals surface area contributed by atoms with Crippen molar-refractivity contribution in [2.24, 2.45) is 5.92 Å². The van der Waals surface area contributed by atoms with E-state index >= 15 is 0 Å². The van der Waals surface area contributed by atoms with Crippen LogP contribution in [0.25, 0.3) is 5.82 Å². The van der Waals surface area contributed by atoms with Gasteiger partial charge in [-0.3, -0.25) is 4.79 Å². The van der Waals surface area contributed by atoms with E-state index < -0.39 is 0 Å². The molecule has 28 heavy (non-hydrogen) atoms. The monoisotopic (exact) mass is 379 g/mol. The number of nitrogens with zero attached hydrogens (tertiary/aromatic N) is 4. The molecule has 3 aromatic rings. The molecular formula is C19H21N7O2. The molecule has 0 fully saturated rings. The molecule has 0 aliphatic carbocycles. The Bertz CT molecular complexity index is 937. The molecule has 2 heterocycles. The minimum atomic E-state index is -0.354. The lowest BCUT2D eigenvalue weighted by Crippen LogP contribution is -2.28. The fourth-order valence-electron chi connectivity index (χ4n) is 2.37. The first-order valence-electron chi connectivity index (χ1n) is 8.77. The first-order chi connectivity index (χ1) is 13.5. The van der Waals surface area contributed by atoms with Crippen molar-refractivity contribution in [1.82, 2.24) is 25.1 Å². The van der Waals surface area contributed by atoms with Crippen molar-refractivity contribution in [2.45, 2.75) is 20.4 Å². The first kappa shape index (κ1) is 19.0. The summed E-state index contributed by atoms with van der Waals surface area (Å²) in [7, 11) is 0. The molecule has 0 saturated heterocycles. The molecule has 9 heteroatoms. The molecule has 0 bridgehead atoms. The highest BCUT2D eigenvalue weighted by Gasteiger charge is 2.09. The Morgan fingerprint density at radius 2 is 1.79 bits per heavy atom. The maximum absolute atomic E-state index is 12.2. The zero-order valence-electron chi connectivity index (χ0n) is 15.6. The van der Waals surface area contributed by atoms with Crippen LogP contribution in [0.2, 0.25) is 0 Å². The van der Waals surface area contributed by atoms with Crippen LogP contribution in [0, 0.1) is 5.92 Å². The lowest BCUT2D eigenvalue weighted by atomic mass is 10.2. The number of rotatable bonds is 6. The first-order valence-corrected chi connectivity index (χ1v) is 8.77. The number of benzene rings is 1. The number of hydrogen-bond donors (Lipinski definition) is 3. The molecule has 3 amide bonds. The molecule has 0 unspecified atom stereocenters. The van der Waals surface area contributed by atoms with Crippen molar-refractivity contribution in [3.8, 4) is 5.82 Å². The number of urea groups is 1. The van der Waals surface area contributed by atoms with Gasteiger partial charge < -0.3 is 16.0 Å². The third-order valence-corrected chi connectivity index (χ3v) is 3.88. The molecule has 9 nitrogen and oxygen atoms in total. The molecule has 0 aliphatic heterocycles. The van der Waals surface area contributed by atoms with Crippen molar-refractivity contribution in [3.05, 3.63) is 60.8 Å². The van der Waals surface area contributed by atoms with Gasteiger partial charge in [-0.2, -0.15) is 5.10 Å². The van der Waals surface area contributed by atoms with Crippen LogP contribution in [0.15, 0.2) is 55.2 Å². The number of amides is 3. The number of anilines is 2. The topological polar surface area (TPSA) is 114 Å². The van der Waals surface area contributed by atoms with Gasteiger partial charge in [0.1, 0.15) is 12.7 Å². The van der Waals surface area contributed by atoms with Gasteiger partial charge in [0.15, 0.2) is 5.82 Å². The molecule has 3 N–H and O–H groups in total. The summed E-state index contributed by atoms with van der Waals surface area (Å²) < 4.78 is 1.54. The number of hydrogen-bond acceptors (Lipinski definition) is 5. The maximum Gasteiger partial charge on any atom is 0.319 e. The summed E-state index contributed by atoms with van der Waals surface area (Å²) in [5.74, 6) is 0.446. The molecule has 144 valence electrons. The highest BCUT2D eigenvalue weighted by Crippen LogP contribution is 2.15. The molecule has 3 rings (SSSR count). The van der Waals surface area contributed by atoms with Gasteiger partial charge in [0, 0.05) is 35.6 Å². The van der Waals surface area contributed by atoms with Crippen LogP contribution in [0.5, 0.6) is 0 Å². The lowest BCUT2D eigenvalue weighted by Gasteiger charge is -2.11. The summed E-state index contributed by atoms with van der Waals surface area (Å²) in [4.78, 5) is 32.1.